The molecule has 0 aliphatic carbocycles. The van der Waals surface area contributed by atoms with Gasteiger partial charge in [0.05, 0.1) is 26.3 Å². The third-order valence-corrected chi connectivity index (χ3v) is 5.80. The first-order valence-corrected chi connectivity index (χ1v) is 10.9. The predicted molar refractivity (Wildman–Crippen MR) is 126 cm³/mol. The Morgan fingerprint density at radius 3 is 2.50 bits per heavy atom. The SMILES string of the molecule is CCNC(=NCC(C)N1CCOCC1C)NCCC1CCN(CC(F)(F)F)CC1.I. The Kier molecular flexibility index (Phi) is 12.9. The first-order chi connectivity index (χ1) is 13.8. The van der Waals surface area contributed by atoms with Crippen LogP contribution in [0, 0.1) is 5.92 Å². The van der Waals surface area contributed by atoms with Gasteiger partial charge < -0.3 is 15.4 Å². The molecule has 2 aliphatic heterocycles. The minimum atomic E-state index is -4.10. The maximum Gasteiger partial charge on any atom is 0.401 e. The molecule has 10 heteroatoms. The lowest BCUT2D eigenvalue weighted by Crippen LogP contribution is -2.49. The van der Waals surface area contributed by atoms with Gasteiger partial charge in [0, 0.05) is 31.7 Å². The normalized spacial score (nSPS) is 23.7. The summed E-state index contributed by atoms with van der Waals surface area (Å²) in [7, 11) is 0. The number of piperidine rings is 1. The van der Waals surface area contributed by atoms with Crippen molar-refractivity contribution < 1.29 is 17.9 Å². The van der Waals surface area contributed by atoms with Crippen molar-refractivity contribution in [1.82, 2.24) is 20.4 Å². The molecule has 0 aromatic rings. The summed E-state index contributed by atoms with van der Waals surface area (Å²) in [5, 5.41) is 6.67. The van der Waals surface area contributed by atoms with Crippen molar-refractivity contribution >= 4 is 29.9 Å². The average Bonchev–Trinajstić information content (AvgIpc) is 2.66. The minimum absolute atomic E-state index is 0. The van der Waals surface area contributed by atoms with Crippen molar-refractivity contribution in [3.8, 4) is 0 Å². The molecule has 178 valence electrons. The zero-order valence-corrected chi connectivity index (χ0v) is 20.8. The molecular formula is C20H39F3IN5O. The van der Waals surface area contributed by atoms with Crippen LogP contribution in [-0.2, 0) is 4.74 Å². The van der Waals surface area contributed by atoms with Gasteiger partial charge in [-0.25, -0.2) is 0 Å². The van der Waals surface area contributed by atoms with Crippen LogP contribution < -0.4 is 10.6 Å². The Morgan fingerprint density at radius 1 is 1.20 bits per heavy atom. The van der Waals surface area contributed by atoms with Crippen LogP contribution in [0.1, 0.15) is 40.0 Å². The molecule has 6 nitrogen and oxygen atoms in total. The second-order valence-corrected chi connectivity index (χ2v) is 8.28. The van der Waals surface area contributed by atoms with Gasteiger partial charge >= 0.3 is 6.18 Å². The van der Waals surface area contributed by atoms with E-state index >= 15 is 0 Å². The zero-order chi connectivity index (χ0) is 21.3. The maximum absolute atomic E-state index is 12.5. The average molecular weight is 549 g/mol. The number of likely N-dealkylation sites (tertiary alicyclic amines) is 1. The lowest BCUT2D eigenvalue weighted by atomic mass is 9.93. The van der Waals surface area contributed by atoms with Crippen molar-refractivity contribution in [3.05, 3.63) is 0 Å². The van der Waals surface area contributed by atoms with Gasteiger partial charge in [0.1, 0.15) is 0 Å². The lowest BCUT2D eigenvalue weighted by molar-refractivity contribution is -0.148. The van der Waals surface area contributed by atoms with Crippen LogP contribution >= 0.6 is 24.0 Å². The second kappa shape index (κ2) is 13.9. The molecule has 0 radical (unpaired) electrons. The Labute approximate surface area is 196 Å². The summed E-state index contributed by atoms with van der Waals surface area (Å²) in [6, 6.07) is 0.759. The molecule has 2 saturated heterocycles. The van der Waals surface area contributed by atoms with Crippen molar-refractivity contribution in [3.63, 3.8) is 0 Å². The number of nitrogens with zero attached hydrogens (tertiary/aromatic N) is 3. The highest BCUT2D eigenvalue weighted by Gasteiger charge is 2.32. The smallest absolute Gasteiger partial charge is 0.379 e. The number of ether oxygens (including phenoxy) is 1. The Balaban J connectivity index is 0.00000450. The molecule has 0 saturated carbocycles. The fourth-order valence-electron chi connectivity index (χ4n) is 4.15. The number of morpholine rings is 1. The van der Waals surface area contributed by atoms with Crippen LogP contribution in [0.25, 0.3) is 0 Å². The van der Waals surface area contributed by atoms with Gasteiger partial charge in [-0.1, -0.05) is 0 Å². The summed E-state index contributed by atoms with van der Waals surface area (Å²) in [5.74, 6) is 1.29. The van der Waals surface area contributed by atoms with Gasteiger partial charge in [0.2, 0.25) is 0 Å². The second-order valence-electron chi connectivity index (χ2n) is 8.28. The van der Waals surface area contributed by atoms with Gasteiger partial charge in [-0.3, -0.25) is 14.8 Å². The molecule has 0 amide bonds. The molecule has 0 spiro atoms. The van der Waals surface area contributed by atoms with Gasteiger partial charge in [-0.2, -0.15) is 13.2 Å². The van der Waals surface area contributed by atoms with Gasteiger partial charge in [0.15, 0.2) is 5.96 Å². The molecule has 0 aromatic heterocycles. The first-order valence-electron chi connectivity index (χ1n) is 10.9. The lowest BCUT2D eigenvalue weighted by Gasteiger charge is -2.37. The standard InChI is InChI=1S/C20H38F3N5O.HI/c1-4-24-19(26-13-16(2)28-11-12-29-14-17(28)3)25-8-5-18-6-9-27(10-7-18)15-20(21,22)23;/h16-18H,4-15H2,1-3H3,(H2,24,25,26);1H. The first kappa shape index (κ1) is 27.7. The zero-order valence-electron chi connectivity index (χ0n) is 18.5. The van der Waals surface area contributed by atoms with E-state index in [1.54, 1.807) is 0 Å². The monoisotopic (exact) mass is 549 g/mol. The number of rotatable bonds is 8. The van der Waals surface area contributed by atoms with Crippen molar-refractivity contribution in [1.29, 1.82) is 0 Å². The third kappa shape index (κ3) is 10.3. The summed E-state index contributed by atoms with van der Waals surface area (Å²) >= 11 is 0. The third-order valence-electron chi connectivity index (χ3n) is 5.80. The van der Waals surface area contributed by atoms with E-state index in [1.165, 1.54) is 4.90 Å². The van der Waals surface area contributed by atoms with Crippen LogP contribution in [0.15, 0.2) is 4.99 Å². The van der Waals surface area contributed by atoms with Gasteiger partial charge in [-0.05, 0) is 59.0 Å². The topological polar surface area (TPSA) is 52.1 Å². The molecule has 2 atom stereocenters. The van der Waals surface area contributed by atoms with Crippen LogP contribution in [0.2, 0.25) is 0 Å². The number of hydrogen-bond acceptors (Lipinski definition) is 4. The molecule has 2 rings (SSSR count). The van der Waals surface area contributed by atoms with Crippen LogP contribution in [-0.4, -0.2) is 93.0 Å². The van der Waals surface area contributed by atoms with Crippen LogP contribution in [0.3, 0.4) is 0 Å². The van der Waals surface area contributed by atoms with Gasteiger partial charge in [0.25, 0.3) is 0 Å². The van der Waals surface area contributed by atoms with E-state index in [0.717, 1.165) is 64.6 Å². The van der Waals surface area contributed by atoms with E-state index in [1.807, 2.05) is 6.92 Å². The highest BCUT2D eigenvalue weighted by atomic mass is 127. The molecule has 2 aliphatic rings. The van der Waals surface area contributed by atoms with Crippen LogP contribution in [0.4, 0.5) is 13.2 Å². The molecule has 30 heavy (non-hydrogen) atoms. The number of guanidine groups is 1. The Morgan fingerprint density at radius 2 is 1.90 bits per heavy atom. The van der Waals surface area contributed by atoms with Crippen LogP contribution in [0.5, 0.6) is 0 Å². The number of halogens is 4. The summed E-state index contributed by atoms with van der Waals surface area (Å²) in [5.41, 5.74) is 0. The van der Waals surface area contributed by atoms with E-state index in [9.17, 15) is 13.2 Å². The number of aliphatic imine (C=N–C) groups is 1. The molecule has 2 unspecified atom stereocenters. The van der Waals surface area contributed by atoms with E-state index in [2.05, 4.69) is 29.4 Å². The van der Waals surface area contributed by atoms with E-state index in [4.69, 9.17) is 9.73 Å². The highest BCUT2D eigenvalue weighted by molar-refractivity contribution is 14.0. The van der Waals surface area contributed by atoms with Crippen molar-refractivity contribution in [2.75, 3.05) is 59.0 Å². The van der Waals surface area contributed by atoms with E-state index in [-0.39, 0.29) is 24.0 Å². The molecule has 2 heterocycles. The molecular weight excluding hydrogens is 510 g/mol. The quantitative estimate of drug-likeness (QED) is 0.277. The predicted octanol–water partition coefficient (Wildman–Crippen LogP) is 2.93. The number of hydrogen-bond donors (Lipinski definition) is 2. The molecule has 0 bridgehead atoms. The molecule has 2 fully saturated rings. The fraction of sp³-hybridized carbons (Fsp3) is 0.950. The summed E-state index contributed by atoms with van der Waals surface area (Å²) in [4.78, 5) is 8.69. The fourth-order valence-corrected chi connectivity index (χ4v) is 4.15. The van der Waals surface area contributed by atoms with Gasteiger partial charge in [-0.15, -0.1) is 24.0 Å². The van der Waals surface area contributed by atoms with Crippen molar-refractivity contribution in [2.45, 2.75) is 58.3 Å². The number of nitrogens with one attached hydrogen (secondary N) is 2. The highest BCUT2D eigenvalue weighted by Crippen LogP contribution is 2.24. The maximum atomic E-state index is 12.5. The summed E-state index contributed by atoms with van der Waals surface area (Å²) in [6.07, 6.45) is -1.48. The Hall–Kier alpha value is -0.330. The largest absolute Gasteiger partial charge is 0.401 e. The molecule has 2 N–H and O–H groups in total. The van der Waals surface area contributed by atoms with E-state index in [0.29, 0.717) is 31.1 Å². The van der Waals surface area contributed by atoms with Crippen molar-refractivity contribution in [2.24, 2.45) is 10.9 Å². The minimum Gasteiger partial charge on any atom is -0.379 e. The molecule has 0 aromatic carbocycles. The van der Waals surface area contributed by atoms with E-state index < -0.39 is 12.7 Å². The summed E-state index contributed by atoms with van der Waals surface area (Å²) < 4.78 is 43.0. The number of alkyl halides is 3. The Bertz CT molecular complexity index is 501. The summed E-state index contributed by atoms with van der Waals surface area (Å²) in [6.45, 7) is 11.5.